The maximum Gasteiger partial charge on any atom is 0.266 e. The molecule has 0 spiro atoms. The fourth-order valence-electron chi connectivity index (χ4n) is 3.60. The predicted octanol–water partition coefficient (Wildman–Crippen LogP) is 6.65. The molecule has 8 N–H and O–H groups in total. The zero-order valence-corrected chi connectivity index (χ0v) is 24.7. The van der Waals surface area contributed by atoms with Gasteiger partial charge in [-0.2, -0.15) is 8.42 Å². The molecule has 4 rings (SSSR count). The third kappa shape index (κ3) is 9.11. The van der Waals surface area contributed by atoms with E-state index in [0.29, 0.717) is 40.1 Å². The zero-order valence-electron chi connectivity index (χ0n) is 22.2. The Kier molecular flexibility index (Phi) is 11.3. The summed E-state index contributed by atoms with van der Waals surface area (Å²) in [5, 5.41) is 85.2. The molecule has 0 aromatic heterocycles. The predicted molar refractivity (Wildman–Crippen MR) is 158 cm³/mol. The number of hydrogen-bond donors (Lipinski definition) is 8. The van der Waals surface area contributed by atoms with Crippen molar-refractivity contribution in [1.82, 2.24) is 0 Å². The molecule has 0 heterocycles. The van der Waals surface area contributed by atoms with Crippen LogP contribution >= 0.6 is 24.1 Å². The lowest BCUT2D eigenvalue weighted by Gasteiger charge is -2.11. The number of anilines is 1. The van der Waals surface area contributed by atoms with Gasteiger partial charge in [-0.1, -0.05) is 16.1 Å². The molecule has 0 fully saturated rings. The van der Waals surface area contributed by atoms with Crippen LogP contribution in [-0.2, 0) is 28.9 Å². The number of phenolic OH excluding ortho intramolecular Hbond substituents is 4. The highest BCUT2D eigenvalue weighted by Gasteiger charge is 2.17. The van der Waals surface area contributed by atoms with E-state index in [9.17, 15) is 28.8 Å². The van der Waals surface area contributed by atoms with E-state index in [2.05, 4.69) is 44.5 Å². The largest absolute Gasteiger partial charge is 0.506 e. The Morgan fingerprint density at radius 1 is 0.733 bits per heavy atom. The Morgan fingerprint density at radius 3 is 2.00 bits per heavy atom. The monoisotopic (exact) mass is 683 g/mol. The van der Waals surface area contributed by atoms with Crippen molar-refractivity contribution in [2.24, 2.45) is 20.5 Å². The van der Waals surface area contributed by atoms with E-state index in [1.807, 2.05) is 0 Å². The van der Waals surface area contributed by atoms with Gasteiger partial charge in [0.15, 0.2) is 5.75 Å². The van der Waals surface area contributed by atoms with Gasteiger partial charge >= 0.3 is 0 Å². The molecule has 0 aliphatic heterocycles. The zero-order chi connectivity index (χ0) is 32.6. The number of rotatable bonds is 14. The fourth-order valence-corrected chi connectivity index (χ4v) is 4.85. The number of nitrogens with one attached hydrogen (secondary N) is 1. The van der Waals surface area contributed by atoms with Gasteiger partial charge in [0.25, 0.3) is 10.1 Å². The minimum Gasteiger partial charge on any atom is -0.506 e. The Morgan fingerprint density at radius 2 is 1.36 bits per heavy atom. The Bertz CT molecular complexity index is 1860. The molecule has 0 saturated carbocycles. The molecule has 0 atom stereocenters. The highest BCUT2D eigenvalue weighted by molar-refractivity contribution is 7.94. The van der Waals surface area contributed by atoms with Gasteiger partial charge in [-0.3, -0.25) is 4.55 Å². The van der Waals surface area contributed by atoms with Crippen LogP contribution in [0, 0.1) is 0 Å². The van der Waals surface area contributed by atoms with E-state index in [-0.39, 0.29) is 45.3 Å². The number of hydrogen-bond acceptors (Lipinski definition) is 19. The molecule has 0 radical (unpaired) electrons. The van der Waals surface area contributed by atoms with Crippen LogP contribution in [0.15, 0.2) is 84.8 Å². The molecule has 4 aromatic carbocycles. The second kappa shape index (κ2) is 15.1. The van der Waals surface area contributed by atoms with Gasteiger partial charge in [-0.05, 0) is 41.8 Å². The second-order valence-corrected chi connectivity index (χ2v) is 11.6. The minimum absolute atomic E-state index is 0.0492. The number of fused-ring (bicyclic) bond motifs is 1. The van der Waals surface area contributed by atoms with Crippen molar-refractivity contribution in [3.63, 3.8) is 0 Å². The molecule has 0 unspecified atom stereocenters. The smallest absolute Gasteiger partial charge is 0.266 e. The first-order valence-corrected chi connectivity index (χ1v) is 15.1. The molecule has 4 aromatic rings. The maximum absolute atomic E-state index is 11.0. The first-order chi connectivity index (χ1) is 21.5. The van der Waals surface area contributed by atoms with Crippen LogP contribution in [0.4, 0.5) is 28.4 Å². The van der Waals surface area contributed by atoms with E-state index in [1.165, 1.54) is 30.3 Å². The quantitative estimate of drug-likeness (QED) is 0.0172. The average Bonchev–Trinajstić information content (AvgIpc) is 3.00. The number of azo groups is 2. The van der Waals surface area contributed by atoms with Gasteiger partial charge in [0, 0.05) is 34.6 Å². The van der Waals surface area contributed by atoms with Gasteiger partial charge in [-0.15, -0.1) is 29.1 Å². The van der Waals surface area contributed by atoms with Gasteiger partial charge in [0.05, 0.1) is 34.7 Å². The molecular weight excluding hydrogens is 662 g/mol. The number of benzene rings is 4. The minimum atomic E-state index is -4.20. The second-order valence-electron chi connectivity index (χ2n) is 8.55. The van der Waals surface area contributed by atoms with Crippen LogP contribution in [0.1, 0.15) is 0 Å². The van der Waals surface area contributed by atoms with Crippen molar-refractivity contribution < 1.29 is 62.7 Å². The number of aromatic hydroxyl groups is 4. The van der Waals surface area contributed by atoms with Crippen LogP contribution in [0.5, 0.6) is 23.0 Å². The summed E-state index contributed by atoms with van der Waals surface area (Å²) in [7, 11) is -4.20. The molecule has 45 heavy (non-hydrogen) atoms. The molecule has 238 valence electrons. The summed E-state index contributed by atoms with van der Waals surface area (Å²) in [6.07, 6.45) is 0. The van der Waals surface area contributed by atoms with Crippen molar-refractivity contribution in [2.75, 3.05) is 17.6 Å². The highest BCUT2D eigenvalue weighted by Crippen LogP contribution is 2.46. The van der Waals surface area contributed by atoms with Gasteiger partial charge < -0.3 is 25.7 Å². The summed E-state index contributed by atoms with van der Waals surface area (Å²) >= 11 is 1.08. The van der Waals surface area contributed by atoms with Crippen LogP contribution in [0.25, 0.3) is 10.8 Å². The van der Waals surface area contributed by atoms with E-state index in [0.717, 1.165) is 12.1 Å². The molecular formula is C24H21N5O13S3. The number of nitrogens with zero attached hydrogens (tertiary/aromatic N) is 4. The van der Waals surface area contributed by atoms with E-state index in [4.69, 9.17) is 15.1 Å². The first kappa shape index (κ1) is 33.6. The lowest BCUT2D eigenvalue weighted by Crippen LogP contribution is -2.14. The standard InChI is InChI=1S/C24H21N5O13S3/c30-19-4-3-14(43-41-39-34)9-16(19)26-27-17-10-21(32)18(11-20(17)31)28-29-23-22(44-42-40-35)7-12-1-2-13(8-15(12)24(23)33)25-5-6-45(36,37)38/h1-4,7-11,25,30-35H,5-6H2,(H,36,37,38). The third-order valence-corrected chi connectivity index (χ3v) is 7.51. The summed E-state index contributed by atoms with van der Waals surface area (Å²) in [4.78, 5) is 0.476. The summed E-state index contributed by atoms with van der Waals surface area (Å²) in [6.45, 7) is -0.118. The van der Waals surface area contributed by atoms with Crippen molar-refractivity contribution in [3.8, 4) is 23.0 Å². The Labute approximate surface area is 261 Å². The average molecular weight is 684 g/mol. The normalized spacial score (nSPS) is 12.1. The topological polar surface area (TPSA) is 274 Å². The Hall–Kier alpha value is -4.29. The molecule has 18 nitrogen and oxygen atoms in total. The van der Waals surface area contributed by atoms with E-state index >= 15 is 0 Å². The first-order valence-electron chi connectivity index (χ1n) is 12.0. The van der Waals surface area contributed by atoms with Crippen molar-refractivity contribution >= 4 is 73.4 Å². The molecule has 0 aliphatic carbocycles. The summed E-state index contributed by atoms with van der Waals surface area (Å²) in [5.74, 6) is -2.26. The molecule has 0 saturated heterocycles. The molecule has 0 amide bonds. The SMILES string of the molecule is O=S(=O)(O)CCNc1ccc2cc(SOOO)c(N=Nc3cc(O)c(N=Nc4cc(SOOO)ccc4O)cc3O)c(O)c2c1. The van der Waals surface area contributed by atoms with Crippen molar-refractivity contribution in [2.45, 2.75) is 9.79 Å². The van der Waals surface area contributed by atoms with Gasteiger partial charge in [-0.25, -0.2) is 10.5 Å². The van der Waals surface area contributed by atoms with Gasteiger partial charge in [0.1, 0.15) is 40.0 Å². The van der Waals surface area contributed by atoms with Crippen LogP contribution in [-0.4, -0.2) is 56.2 Å². The van der Waals surface area contributed by atoms with Gasteiger partial charge in [0.2, 0.25) is 0 Å². The Balaban J connectivity index is 1.64. The summed E-state index contributed by atoms with van der Waals surface area (Å²) < 4.78 is 39.7. The fraction of sp³-hybridized carbons (Fsp3) is 0.0833. The van der Waals surface area contributed by atoms with E-state index < -0.39 is 33.1 Å². The van der Waals surface area contributed by atoms with E-state index in [1.54, 1.807) is 12.1 Å². The van der Waals surface area contributed by atoms with Crippen LogP contribution < -0.4 is 5.32 Å². The third-order valence-electron chi connectivity index (χ3n) is 5.60. The number of phenols is 4. The molecule has 21 heteroatoms. The highest BCUT2D eigenvalue weighted by atomic mass is 32.2. The molecule has 0 aliphatic rings. The van der Waals surface area contributed by atoms with Crippen molar-refractivity contribution in [3.05, 3.63) is 54.6 Å². The van der Waals surface area contributed by atoms with Crippen LogP contribution in [0.3, 0.4) is 0 Å². The summed E-state index contributed by atoms with van der Waals surface area (Å²) in [5.41, 5.74) is -0.327. The molecule has 0 bridgehead atoms. The lowest BCUT2D eigenvalue weighted by molar-refractivity contribution is -0.432. The van der Waals surface area contributed by atoms with Crippen molar-refractivity contribution in [1.29, 1.82) is 0 Å². The lowest BCUT2D eigenvalue weighted by atomic mass is 10.1. The maximum atomic E-state index is 11.0. The van der Waals surface area contributed by atoms with Crippen LogP contribution in [0.2, 0.25) is 0 Å². The summed E-state index contributed by atoms with van der Waals surface area (Å²) in [6, 6.07) is 12.2.